The number of allylic oxidation sites excluding steroid dienone is 1. The average molecular weight is 194 g/mol. The highest BCUT2D eigenvalue weighted by molar-refractivity contribution is 5.82. The quantitative estimate of drug-likeness (QED) is 0.716. The van der Waals surface area contributed by atoms with E-state index < -0.39 is 0 Å². The molecule has 0 fully saturated rings. The van der Waals surface area contributed by atoms with E-state index in [0.29, 0.717) is 0 Å². The van der Waals surface area contributed by atoms with Gasteiger partial charge in [0.1, 0.15) is 0 Å². The molecule has 1 aliphatic rings. The molecular weight excluding hydrogens is 176 g/mol. The van der Waals surface area contributed by atoms with Crippen molar-refractivity contribution in [3.63, 3.8) is 0 Å². The summed E-state index contributed by atoms with van der Waals surface area (Å²) in [5.41, 5.74) is 0.625. The summed E-state index contributed by atoms with van der Waals surface area (Å²) in [6, 6.07) is 0.0143. The molecule has 78 valence electrons. The van der Waals surface area contributed by atoms with Crippen LogP contribution in [0.4, 0.5) is 0 Å². The van der Waals surface area contributed by atoms with Crippen molar-refractivity contribution < 1.29 is 4.79 Å². The second-order valence-electron chi connectivity index (χ2n) is 4.62. The summed E-state index contributed by atoms with van der Waals surface area (Å²) < 4.78 is 0. The van der Waals surface area contributed by atoms with Crippen LogP contribution in [0.2, 0.25) is 0 Å². The maximum absolute atomic E-state index is 11.6. The SMILES string of the molecule is CC(NC(=O)C(C)(C)C)C1=CCC=N1. The lowest BCUT2D eigenvalue weighted by molar-refractivity contribution is -0.128. The number of hydrogen-bond donors (Lipinski definition) is 1. The maximum Gasteiger partial charge on any atom is 0.225 e. The third-order valence-electron chi connectivity index (χ3n) is 2.15. The molecular formula is C11H18N2O. The van der Waals surface area contributed by atoms with Gasteiger partial charge in [0.2, 0.25) is 5.91 Å². The van der Waals surface area contributed by atoms with Gasteiger partial charge in [0.25, 0.3) is 0 Å². The lowest BCUT2D eigenvalue weighted by atomic mass is 9.95. The van der Waals surface area contributed by atoms with Crippen molar-refractivity contribution >= 4 is 12.1 Å². The summed E-state index contributed by atoms with van der Waals surface area (Å²) in [4.78, 5) is 15.8. The van der Waals surface area contributed by atoms with Gasteiger partial charge in [0.15, 0.2) is 0 Å². The van der Waals surface area contributed by atoms with Crippen LogP contribution in [-0.2, 0) is 4.79 Å². The Bertz CT molecular complexity index is 284. The van der Waals surface area contributed by atoms with Gasteiger partial charge >= 0.3 is 0 Å². The summed E-state index contributed by atoms with van der Waals surface area (Å²) in [6.07, 6.45) is 4.77. The molecule has 3 nitrogen and oxygen atoms in total. The topological polar surface area (TPSA) is 41.5 Å². The second kappa shape index (κ2) is 3.95. The average Bonchev–Trinajstić information content (AvgIpc) is 2.53. The Kier molecular flexibility index (Phi) is 3.09. The van der Waals surface area contributed by atoms with Crippen molar-refractivity contribution in [2.75, 3.05) is 0 Å². The zero-order valence-electron chi connectivity index (χ0n) is 9.29. The van der Waals surface area contributed by atoms with E-state index in [9.17, 15) is 4.79 Å². The van der Waals surface area contributed by atoms with Crippen LogP contribution in [0, 0.1) is 5.41 Å². The van der Waals surface area contributed by atoms with Crippen molar-refractivity contribution in [2.24, 2.45) is 10.4 Å². The molecule has 0 saturated carbocycles. The van der Waals surface area contributed by atoms with Gasteiger partial charge in [-0.2, -0.15) is 0 Å². The highest BCUT2D eigenvalue weighted by Crippen LogP contribution is 2.15. The normalized spacial score (nSPS) is 17.9. The number of nitrogens with one attached hydrogen (secondary N) is 1. The second-order valence-corrected chi connectivity index (χ2v) is 4.62. The van der Waals surface area contributed by atoms with Gasteiger partial charge in [-0.1, -0.05) is 26.8 Å². The molecule has 0 aromatic carbocycles. The smallest absolute Gasteiger partial charge is 0.225 e. The molecule has 1 amide bonds. The Morgan fingerprint density at radius 1 is 1.57 bits per heavy atom. The largest absolute Gasteiger partial charge is 0.348 e. The molecule has 3 heteroatoms. The summed E-state index contributed by atoms with van der Waals surface area (Å²) in [5.74, 6) is 0.0630. The van der Waals surface area contributed by atoms with E-state index in [-0.39, 0.29) is 17.4 Å². The zero-order chi connectivity index (χ0) is 10.8. The summed E-state index contributed by atoms with van der Waals surface area (Å²) in [5, 5.41) is 2.94. The molecule has 1 N–H and O–H groups in total. The minimum atomic E-state index is -0.336. The number of amides is 1. The third kappa shape index (κ3) is 2.69. The first-order valence-electron chi connectivity index (χ1n) is 4.95. The van der Waals surface area contributed by atoms with Crippen molar-refractivity contribution in [2.45, 2.75) is 40.2 Å². The van der Waals surface area contributed by atoms with E-state index >= 15 is 0 Å². The molecule has 0 bridgehead atoms. The Labute approximate surface area is 85.3 Å². The van der Waals surface area contributed by atoms with Crippen molar-refractivity contribution in [1.29, 1.82) is 0 Å². The zero-order valence-corrected chi connectivity index (χ0v) is 9.29. The van der Waals surface area contributed by atoms with Crippen molar-refractivity contribution in [1.82, 2.24) is 5.32 Å². The van der Waals surface area contributed by atoms with Crippen molar-refractivity contribution in [3.05, 3.63) is 11.8 Å². The summed E-state index contributed by atoms with van der Waals surface area (Å²) in [7, 11) is 0. The molecule has 1 atom stereocenters. The van der Waals surface area contributed by atoms with Gasteiger partial charge in [-0.05, 0) is 6.92 Å². The van der Waals surface area contributed by atoms with Crippen LogP contribution >= 0.6 is 0 Å². The molecule has 0 aliphatic carbocycles. The third-order valence-corrected chi connectivity index (χ3v) is 2.15. The van der Waals surface area contributed by atoms with Gasteiger partial charge in [-0.3, -0.25) is 9.79 Å². The van der Waals surface area contributed by atoms with Crippen LogP contribution in [0.5, 0.6) is 0 Å². The van der Waals surface area contributed by atoms with Crippen LogP contribution in [-0.4, -0.2) is 18.2 Å². The van der Waals surface area contributed by atoms with E-state index in [4.69, 9.17) is 0 Å². The van der Waals surface area contributed by atoms with E-state index in [1.165, 1.54) is 0 Å². The van der Waals surface area contributed by atoms with E-state index in [2.05, 4.69) is 10.3 Å². The van der Waals surface area contributed by atoms with Gasteiger partial charge in [-0.25, -0.2) is 0 Å². The molecule has 1 heterocycles. The van der Waals surface area contributed by atoms with Gasteiger partial charge in [-0.15, -0.1) is 0 Å². The number of nitrogens with zero attached hydrogens (tertiary/aromatic N) is 1. The van der Waals surface area contributed by atoms with Crippen LogP contribution in [0.15, 0.2) is 16.8 Å². The number of rotatable bonds is 2. The summed E-state index contributed by atoms with van der Waals surface area (Å²) in [6.45, 7) is 7.67. The van der Waals surface area contributed by atoms with Crippen LogP contribution in [0.25, 0.3) is 0 Å². The standard InChI is InChI=1S/C11H18N2O/c1-8(9-6-5-7-12-9)13-10(14)11(2,3)4/h6-8H,5H2,1-4H3,(H,13,14). The minimum absolute atomic E-state index is 0.0143. The van der Waals surface area contributed by atoms with Gasteiger partial charge < -0.3 is 5.32 Å². The van der Waals surface area contributed by atoms with E-state index in [1.54, 1.807) is 0 Å². The molecule has 0 spiro atoms. The number of carbonyl (C=O) groups excluding carboxylic acids is 1. The van der Waals surface area contributed by atoms with E-state index in [0.717, 1.165) is 12.1 Å². The Morgan fingerprint density at radius 3 is 2.64 bits per heavy atom. The van der Waals surface area contributed by atoms with Gasteiger partial charge in [0, 0.05) is 18.1 Å². The maximum atomic E-state index is 11.6. The fourth-order valence-electron chi connectivity index (χ4n) is 1.16. The molecule has 14 heavy (non-hydrogen) atoms. The Morgan fingerprint density at radius 2 is 2.21 bits per heavy atom. The first kappa shape index (κ1) is 11.0. The highest BCUT2D eigenvalue weighted by atomic mass is 16.2. The number of aliphatic imine (C=N–C) groups is 1. The molecule has 0 aromatic rings. The van der Waals surface area contributed by atoms with Crippen molar-refractivity contribution in [3.8, 4) is 0 Å². The lowest BCUT2D eigenvalue weighted by Crippen LogP contribution is -2.40. The Hall–Kier alpha value is -1.12. The van der Waals surface area contributed by atoms with Crippen LogP contribution in [0.3, 0.4) is 0 Å². The fraction of sp³-hybridized carbons (Fsp3) is 0.636. The number of hydrogen-bond acceptors (Lipinski definition) is 2. The minimum Gasteiger partial charge on any atom is -0.348 e. The predicted octanol–water partition coefficient (Wildman–Crippen LogP) is 1.90. The fourth-order valence-corrected chi connectivity index (χ4v) is 1.16. The Balaban J connectivity index is 2.53. The number of carbonyl (C=O) groups is 1. The highest BCUT2D eigenvalue weighted by Gasteiger charge is 2.23. The summed E-state index contributed by atoms with van der Waals surface area (Å²) >= 11 is 0. The van der Waals surface area contributed by atoms with Crippen LogP contribution < -0.4 is 5.32 Å². The van der Waals surface area contributed by atoms with Crippen LogP contribution in [0.1, 0.15) is 34.1 Å². The first-order chi connectivity index (χ1) is 6.41. The van der Waals surface area contributed by atoms with E-state index in [1.807, 2.05) is 40.0 Å². The predicted molar refractivity (Wildman–Crippen MR) is 58.3 cm³/mol. The molecule has 0 radical (unpaired) electrons. The molecule has 0 saturated heterocycles. The first-order valence-corrected chi connectivity index (χ1v) is 4.95. The van der Waals surface area contributed by atoms with Gasteiger partial charge in [0.05, 0.1) is 11.7 Å². The monoisotopic (exact) mass is 194 g/mol. The molecule has 1 rings (SSSR count). The molecule has 1 unspecified atom stereocenters. The molecule has 0 aromatic heterocycles. The molecule has 1 aliphatic heterocycles. The lowest BCUT2D eigenvalue weighted by Gasteiger charge is -2.21.